The minimum Gasteiger partial charge on any atom is -0.480 e. The molecule has 1 aromatic carbocycles. The van der Waals surface area contributed by atoms with Gasteiger partial charge in [-0.3, -0.25) is 9.69 Å². The molecule has 4 heteroatoms. The molecule has 0 bridgehead atoms. The van der Waals surface area contributed by atoms with Gasteiger partial charge in [0.05, 0.1) is 6.61 Å². The van der Waals surface area contributed by atoms with Crippen LogP contribution in [0.25, 0.3) is 0 Å². The Balaban J connectivity index is 2.69. The highest BCUT2D eigenvalue weighted by Crippen LogP contribution is 2.07. The Kier molecular flexibility index (Phi) is 4.95. The maximum Gasteiger partial charge on any atom is 0.321 e. The number of carboxylic acid groups (broad SMARTS) is 1. The zero-order chi connectivity index (χ0) is 12.0. The Hall–Kier alpha value is -1.39. The van der Waals surface area contributed by atoms with Crippen molar-refractivity contribution in [2.75, 3.05) is 20.2 Å². The van der Waals surface area contributed by atoms with E-state index in [9.17, 15) is 4.79 Å². The van der Waals surface area contributed by atoms with Gasteiger partial charge in [-0.15, -0.1) is 0 Å². The third-order valence-corrected chi connectivity index (χ3v) is 2.54. The molecule has 1 aromatic rings. The molecule has 88 valence electrons. The Morgan fingerprint density at radius 2 is 2.00 bits per heavy atom. The number of carbonyl (C=O) groups is 1. The van der Waals surface area contributed by atoms with E-state index in [1.54, 1.807) is 11.9 Å². The molecule has 1 rings (SSSR count). The van der Waals surface area contributed by atoms with Gasteiger partial charge in [0.25, 0.3) is 0 Å². The molecule has 1 atom stereocenters. The Bertz CT molecular complexity index is 326. The Labute approximate surface area is 95.1 Å². The molecular formula is C12H17NO3. The average Bonchev–Trinajstić information content (AvgIpc) is 2.27. The molecule has 0 aromatic heterocycles. The molecule has 0 unspecified atom stereocenters. The van der Waals surface area contributed by atoms with Crippen molar-refractivity contribution in [3.63, 3.8) is 0 Å². The fourth-order valence-electron chi connectivity index (χ4n) is 1.58. The first-order valence-corrected chi connectivity index (χ1v) is 5.23. The molecular weight excluding hydrogens is 206 g/mol. The first kappa shape index (κ1) is 12.7. The van der Waals surface area contributed by atoms with Crippen LogP contribution >= 0.6 is 0 Å². The second kappa shape index (κ2) is 6.25. The van der Waals surface area contributed by atoms with E-state index in [1.807, 2.05) is 30.3 Å². The van der Waals surface area contributed by atoms with Crippen molar-refractivity contribution in [2.24, 2.45) is 0 Å². The third kappa shape index (κ3) is 3.64. The number of rotatable bonds is 6. The summed E-state index contributed by atoms with van der Waals surface area (Å²) in [6.45, 7) is 0.332. The van der Waals surface area contributed by atoms with Gasteiger partial charge >= 0.3 is 5.97 Å². The molecule has 4 nitrogen and oxygen atoms in total. The largest absolute Gasteiger partial charge is 0.480 e. The lowest BCUT2D eigenvalue weighted by Gasteiger charge is -2.23. The Morgan fingerprint density at radius 1 is 1.38 bits per heavy atom. The van der Waals surface area contributed by atoms with Gasteiger partial charge in [0.2, 0.25) is 0 Å². The maximum absolute atomic E-state index is 11.1. The van der Waals surface area contributed by atoms with Crippen molar-refractivity contribution in [1.29, 1.82) is 0 Å². The minimum atomic E-state index is -0.861. The summed E-state index contributed by atoms with van der Waals surface area (Å²) < 4.78 is 0. The standard InChI is InChI=1S/C12H17NO3/c1-13(7-8-14)11(12(15)16)9-10-5-3-2-4-6-10/h2-6,11,14H,7-9H2,1H3,(H,15,16)/t11-/m0/s1. The van der Waals surface area contributed by atoms with E-state index in [0.717, 1.165) is 5.56 Å². The molecule has 0 saturated heterocycles. The van der Waals surface area contributed by atoms with Crippen LogP contribution in [0.1, 0.15) is 5.56 Å². The van der Waals surface area contributed by atoms with Crippen LogP contribution in [0.5, 0.6) is 0 Å². The van der Waals surface area contributed by atoms with Crippen LogP contribution in [-0.4, -0.2) is 47.3 Å². The fraction of sp³-hybridized carbons (Fsp3) is 0.417. The van der Waals surface area contributed by atoms with Crippen molar-refractivity contribution in [3.8, 4) is 0 Å². The number of hydrogen-bond acceptors (Lipinski definition) is 3. The number of nitrogens with zero attached hydrogens (tertiary/aromatic N) is 1. The predicted molar refractivity (Wildman–Crippen MR) is 61.3 cm³/mol. The third-order valence-electron chi connectivity index (χ3n) is 2.54. The number of aliphatic carboxylic acids is 1. The quantitative estimate of drug-likeness (QED) is 0.741. The summed E-state index contributed by atoms with van der Waals surface area (Å²) in [5, 5.41) is 17.9. The minimum absolute atomic E-state index is 0.0327. The van der Waals surface area contributed by atoms with Crippen LogP contribution in [0, 0.1) is 0 Å². The van der Waals surface area contributed by atoms with Crippen molar-refractivity contribution in [1.82, 2.24) is 4.90 Å². The highest BCUT2D eigenvalue weighted by Gasteiger charge is 2.22. The number of likely N-dealkylation sites (N-methyl/N-ethyl adjacent to an activating group) is 1. The monoisotopic (exact) mass is 223 g/mol. The van der Waals surface area contributed by atoms with Gasteiger partial charge in [-0.1, -0.05) is 30.3 Å². The Morgan fingerprint density at radius 3 is 2.50 bits per heavy atom. The van der Waals surface area contributed by atoms with E-state index < -0.39 is 12.0 Å². The van der Waals surface area contributed by atoms with E-state index >= 15 is 0 Å². The summed E-state index contributed by atoms with van der Waals surface area (Å²) in [5.41, 5.74) is 0.986. The maximum atomic E-state index is 11.1. The molecule has 0 saturated carbocycles. The number of benzene rings is 1. The van der Waals surface area contributed by atoms with Gasteiger partial charge < -0.3 is 10.2 Å². The highest BCUT2D eigenvalue weighted by molar-refractivity contribution is 5.73. The van der Waals surface area contributed by atoms with E-state index in [1.165, 1.54) is 0 Å². The zero-order valence-electron chi connectivity index (χ0n) is 9.34. The molecule has 16 heavy (non-hydrogen) atoms. The van der Waals surface area contributed by atoms with E-state index in [0.29, 0.717) is 13.0 Å². The summed E-state index contributed by atoms with van der Waals surface area (Å²) >= 11 is 0. The molecule has 2 N–H and O–H groups in total. The first-order valence-electron chi connectivity index (χ1n) is 5.23. The van der Waals surface area contributed by atoms with Gasteiger partial charge in [-0.2, -0.15) is 0 Å². The lowest BCUT2D eigenvalue weighted by atomic mass is 10.1. The molecule has 0 radical (unpaired) electrons. The summed E-state index contributed by atoms with van der Waals surface area (Å²) in [5.74, 6) is -0.861. The number of carboxylic acids is 1. The topological polar surface area (TPSA) is 60.8 Å². The van der Waals surface area contributed by atoms with Crippen molar-refractivity contribution >= 4 is 5.97 Å². The van der Waals surface area contributed by atoms with Crippen LogP contribution in [0.15, 0.2) is 30.3 Å². The van der Waals surface area contributed by atoms with Crippen LogP contribution in [-0.2, 0) is 11.2 Å². The highest BCUT2D eigenvalue weighted by atomic mass is 16.4. The zero-order valence-corrected chi connectivity index (χ0v) is 9.34. The van der Waals surface area contributed by atoms with E-state index in [4.69, 9.17) is 10.2 Å². The van der Waals surface area contributed by atoms with Gasteiger partial charge in [-0.05, 0) is 19.0 Å². The van der Waals surface area contributed by atoms with Crippen LogP contribution in [0.2, 0.25) is 0 Å². The van der Waals surface area contributed by atoms with Crippen LogP contribution in [0.3, 0.4) is 0 Å². The van der Waals surface area contributed by atoms with Gasteiger partial charge in [0.1, 0.15) is 6.04 Å². The molecule has 0 aliphatic carbocycles. The lowest BCUT2D eigenvalue weighted by molar-refractivity contribution is -0.142. The van der Waals surface area contributed by atoms with Gasteiger partial charge in [0.15, 0.2) is 0 Å². The number of hydrogen-bond donors (Lipinski definition) is 2. The normalized spacial score (nSPS) is 12.7. The fourth-order valence-corrected chi connectivity index (χ4v) is 1.58. The predicted octanol–water partition coefficient (Wildman–Crippen LogP) is 0.606. The second-order valence-corrected chi connectivity index (χ2v) is 3.75. The van der Waals surface area contributed by atoms with Crippen molar-refractivity contribution in [3.05, 3.63) is 35.9 Å². The van der Waals surface area contributed by atoms with E-state index in [-0.39, 0.29) is 6.61 Å². The molecule has 0 heterocycles. The van der Waals surface area contributed by atoms with E-state index in [2.05, 4.69) is 0 Å². The summed E-state index contributed by atoms with van der Waals surface area (Å²) in [7, 11) is 1.71. The van der Waals surface area contributed by atoms with Gasteiger partial charge in [-0.25, -0.2) is 0 Å². The second-order valence-electron chi connectivity index (χ2n) is 3.75. The molecule has 0 amide bonds. The van der Waals surface area contributed by atoms with Crippen molar-refractivity contribution in [2.45, 2.75) is 12.5 Å². The summed E-state index contributed by atoms with van der Waals surface area (Å²) in [4.78, 5) is 12.7. The summed E-state index contributed by atoms with van der Waals surface area (Å²) in [6.07, 6.45) is 0.451. The molecule has 0 aliphatic heterocycles. The average molecular weight is 223 g/mol. The number of aliphatic hydroxyl groups is 1. The molecule has 0 aliphatic rings. The number of aliphatic hydroxyl groups excluding tert-OH is 1. The first-order chi connectivity index (χ1) is 7.65. The SMILES string of the molecule is CN(CCO)[C@@H](Cc1ccccc1)C(=O)O. The van der Waals surface area contributed by atoms with Crippen LogP contribution in [0.4, 0.5) is 0 Å². The van der Waals surface area contributed by atoms with Crippen molar-refractivity contribution < 1.29 is 15.0 Å². The molecule has 0 spiro atoms. The summed E-state index contributed by atoms with van der Waals surface area (Å²) in [6, 6.07) is 8.90. The van der Waals surface area contributed by atoms with Crippen LogP contribution < -0.4 is 0 Å². The van der Waals surface area contributed by atoms with Gasteiger partial charge in [0, 0.05) is 6.54 Å². The smallest absolute Gasteiger partial charge is 0.321 e. The molecule has 0 fully saturated rings. The lowest BCUT2D eigenvalue weighted by Crippen LogP contribution is -2.41.